The van der Waals surface area contributed by atoms with Crippen LogP contribution in [0.25, 0.3) is 10.8 Å². The SMILES string of the molecule is O=C(Nc1cccc2ccccc12)C1CNCCN1. The summed E-state index contributed by atoms with van der Waals surface area (Å²) in [6, 6.07) is 13.8. The lowest BCUT2D eigenvalue weighted by atomic mass is 10.1. The quantitative estimate of drug-likeness (QED) is 0.759. The van der Waals surface area contributed by atoms with Crippen LogP contribution in [0.4, 0.5) is 5.69 Å². The summed E-state index contributed by atoms with van der Waals surface area (Å²) >= 11 is 0. The van der Waals surface area contributed by atoms with Gasteiger partial charge in [0.25, 0.3) is 0 Å². The van der Waals surface area contributed by atoms with E-state index >= 15 is 0 Å². The van der Waals surface area contributed by atoms with Gasteiger partial charge in [-0.1, -0.05) is 36.4 Å². The first-order valence-electron chi connectivity index (χ1n) is 6.57. The minimum atomic E-state index is -0.160. The van der Waals surface area contributed by atoms with Crippen LogP contribution < -0.4 is 16.0 Å². The predicted octanol–water partition coefficient (Wildman–Crippen LogP) is 1.34. The summed E-state index contributed by atoms with van der Waals surface area (Å²) in [6.45, 7) is 2.42. The Morgan fingerprint density at radius 2 is 1.95 bits per heavy atom. The Bertz CT molecular complexity index is 585. The first kappa shape index (κ1) is 12.1. The molecule has 0 bridgehead atoms. The number of rotatable bonds is 2. The molecule has 1 fully saturated rings. The van der Waals surface area contributed by atoms with Gasteiger partial charge in [-0.05, 0) is 11.5 Å². The van der Waals surface area contributed by atoms with Crippen molar-refractivity contribution in [2.45, 2.75) is 6.04 Å². The minimum absolute atomic E-state index is 0.0172. The van der Waals surface area contributed by atoms with E-state index in [0.29, 0.717) is 6.54 Å². The Morgan fingerprint density at radius 3 is 2.79 bits per heavy atom. The van der Waals surface area contributed by atoms with E-state index in [1.807, 2.05) is 42.5 Å². The summed E-state index contributed by atoms with van der Waals surface area (Å²) in [5, 5.41) is 11.6. The van der Waals surface area contributed by atoms with Crippen LogP contribution in [0, 0.1) is 0 Å². The predicted molar refractivity (Wildman–Crippen MR) is 77.2 cm³/mol. The second-order valence-electron chi connectivity index (χ2n) is 4.73. The lowest BCUT2D eigenvalue weighted by molar-refractivity contribution is -0.118. The highest BCUT2D eigenvalue weighted by molar-refractivity contribution is 6.03. The molecule has 19 heavy (non-hydrogen) atoms. The normalized spacial score (nSPS) is 19.3. The van der Waals surface area contributed by atoms with E-state index in [2.05, 4.69) is 16.0 Å². The van der Waals surface area contributed by atoms with Crippen molar-refractivity contribution in [2.75, 3.05) is 25.0 Å². The topological polar surface area (TPSA) is 53.2 Å². The Hall–Kier alpha value is -1.91. The fourth-order valence-electron chi connectivity index (χ4n) is 2.39. The van der Waals surface area contributed by atoms with Gasteiger partial charge in [-0.25, -0.2) is 0 Å². The van der Waals surface area contributed by atoms with Crippen LogP contribution in [0.15, 0.2) is 42.5 Å². The molecule has 1 unspecified atom stereocenters. The van der Waals surface area contributed by atoms with E-state index < -0.39 is 0 Å². The van der Waals surface area contributed by atoms with Crippen LogP contribution in [0.5, 0.6) is 0 Å². The Morgan fingerprint density at radius 1 is 1.11 bits per heavy atom. The molecule has 1 heterocycles. The van der Waals surface area contributed by atoms with Gasteiger partial charge in [-0.2, -0.15) is 0 Å². The molecular formula is C15H17N3O. The smallest absolute Gasteiger partial charge is 0.242 e. The zero-order valence-corrected chi connectivity index (χ0v) is 10.6. The van der Waals surface area contributed by atoms with Crippen molar-refractivity contribution in [3.63, 3.8) is 0 Å². The van der Waals surface area contributed by atoms with Crippen LogP contribution in [0.1, 0.15) is 0 Å². The average Bonchev–Trinajstić information content (AvgIpc) is 2.48. The molecule has 1 saturated heterocycles. The third-order valence-electron chi connectivity index (χ3n) is 3.40. The molecule has 4 nitrogen and oxygen atoms in total. The molecule has 0 aromatic heterocycles. The molecule has 1 atom stereocenters. The number of piperazine rings is 1. The van der Waals surface area contributed by atoms with E-state index in [1.165, 1.54) is 0 Å². The van der Waals surface area contributed by atoms with Crippen molar-refractivity contribution in [3.8, 4) is 0 Å². The number of anilines is 1. The zero-order chi connectivity index (χ0) is 13.1. The first-order valence-corrected chi connectivity index (χ1v) is 6.57. The van der Waals surface area contributed by atoms with Crippen LogP contribution in [-0.2, 0) is 4.79 Å². The van der Waals surface area contributed by atoms with Gasteiger partial charge >= 0.3 is 0 Å². The molecule has 0 saturated carbocycles. The summed E-state index contributed by atoms with van der Waals surface area (Å²) in [6.07, 6.45) is 0. The monoisotopic (exact) mass is 255 g/mol. The maximum absolute atomic E-state index is 12.2. The van der Waals surface area contributed by atoms with Crippen molar-refractivity contribution in [2.24, 2.45) is 0 Å². The fraction of sp³-hybridized carbons (Fsp3) is 0.267. The van der Waals surface area contributed by atoms with Gasteiger partial charge in [0.2, 0.25) is 5.91 Å². The number of hydrogen-bond donors (Lipinski definition) is 3. The van der Waals surface area contributed by atoms with Crippen LogP contribution in [0.2, 0.25) is 0 Å². The number of hydrogen-bond acceptors (Lipinski definition) is 3. The summed E-state index contributed by atoms with van der Waals surface area (Å²) in [7, 11) is 0. The number of benzene rings is 2. The highest BCUT2D eigenvalue weighted by Crippen LogP contribution is 2.22. The molecule has 0 aliphatic carbocycles. The summed E-state index contributed by atoms with van der Waals surface area (Å²) in [5.74, 6) is 0.0172. The van der Waals surface area contributed by atoms with E-state index in [4.69, 9.17) is 0 Å². The minimum Gasteiger partial charge on any atom is -0.324 e. The summed E-state index contributed by atoms with van der Waals surface area (Å²) in [5.41, 5.74) is 0.871. The maximum atomic E-state index is 12.2. The Balaban J connectivity index is 1.82. The molecule has 3 N–H and O–H groups in total. The molecule has 4 heteroatoms. The molecule has 1 aliphatic heterocycles. The second-order valence-corrected chi connectivity index (χ2v) is 4.73. The summed E-state index contributed by atoms with van der Waals surface area (Å²) in [4.78, 5) is 12.2. The van der Waals surface area contributed by atoms with Crippen molar-refractivity contribution < 1.29 is 4.79 Å². The number of nitrogens with one attached hydrogen (secondary N) is 3. The van der Waals surface area contributed by atoms with Gasteiger partial charge in [-0.3, -0.25) is 4.79 Å². The molecule has 2 aromatic carbocycles. The Kier molecular flexibility index (Phi) is 3.44. The van der Waals surface area contributed by atoms with Crippen LogP contribution in [-0.4, -0.2) is 31.6 Å². The molecule has 1 amide bonds. The van der Waals surface area contributed by atoms with Crippen molar-refractivity contribution in [3.05, 3.63) is 42.5 Å². The molecule has 0 spiro atoms. The van der Waals surface area contributed by atoms with Crippen LogP contribution >= 0.6 is 0 Å². The highest BCUT2D eigenvalue weighted by atomic mass is 16.2. The lowest BCUT2D eigenvalue weighted by Gasteiger charge is -2.23. The number of amides is 1. The first-order chi connectivity index (χ1) is 9.34. The van der Waals surface area contributed by atoms with Crippen molar-refractivity contribution >= 4 is 22.4 Å². The number of fused-ring (bicyclic) bond motifs is 1. The number of carbonyl (C=O) groups excluding carboxylic acids is 1. The van der Waals surface area contributed by atoms with E-state index in [9.17, 15) is 4.79 Å². The Labute approximate surface area is 112 Å². The molecule has 2 aromatic rings. The van der Waals surface area contributed by atoms with Crippen molar-refractivity contribution in [1.29, 1.82) is 0 Å². The molecule has 1 aliphatic rings. The van der Waals surface area contributed by atoms with Gasteiger partial charge in [0.15, 0.2) is 0 Å². The average molecular weight is 255 g/mol. The van der Waals surface area contributed by atoms with Gasteiger partial charge < -0.3 is 16.0 Å². The van der Waals surface area contributed by atoms with E-state index in [0.717, 1.165) is 29.5 Å². The molecule has 0 radical (unpaired) electrons. The molecular weight excluding hydrogens is 238 g/mol. The lowest BCUT2D eigenvalue weighted by Crippen LogP contribution is -2.54. The van der Waals surface area contributed by atoms with E-state index in [-0.39, 0.29) is 11.9 Å². The van der Waals surface area contributed by atoms with Gasteiger partial charge in [0.1, 0.15) is 0 Å². The largest absolute Gasteiger partial charge is 0.324 e. The van der Waals surface area contributed by atoms with Crippen LogP contribution in [0.3, 0.4) is 0 Å². The van der Waals surface area contributed by atoms with Crippen molar-refractivity contribution in [1.82, 2.24) is 10.6 Å². The maximum Gasteiger partial charge on any atom is 0.242 e. The van der Waals surface area contributed by atoms with E-state index in [1.54, 1.807) is 0 Å². The summed E-state index contributed by atoms with van der Waals surface area (Å²) < 4.78 is 0. The zero-order valence-electron chi connectivity index (χ0n) is 10.6. The van der Waals surface area contributed by atoms with Gasteiger partial charge in [0.05, 0.1) is 6.04 Å². The highest BCUT2D eigenvalue weighted by Gasteiger charge is 2.20. The number of carbonyl (C=O) groups is 1. The fourth-order valence-corrected chi connectivity index (χ4v) is 2.39. The van der Waals surface area contributed by atoms with Gasteiger partial charge in [0, 0.05) is 30.7 Å². The second kappa shape index (κ2) is 5.38. The molecule has 3 rings (SSSR count). The third-order valence-corrected chi connectivity index (χ3v) is 3.40. The third kappa shape index (κ3) is 2.59. The molecule has 98 valence electrons. The standard InChI is InChI=1S/C15H17N3O/c19-15(14-10-16-8-9-17-14)18-13-7-3-5-11-4-1-2-6-12(11)13/h1-7,14,16-17H,8-10H2,(H,18,19). The van der Waals surface area contributed by atoms with Gasteiger partial charge in [-0.15, -0.1) is 0 Å².